The molecule has 0 aromatic heterocycles. The molecule has 3 nitrogen and oxygen atoms in total. The molecule has 104 valence electrons. The molecule has 1 amide bonds. The lowest BCUT2D eigenvalue weighted by molar-refractivity contribution is 0.0673. The second-order valence-corrected chi connectivity index (χ2v) is 6.39. The predicted molar refractivity (Wildman–Crippen MR) is 86.5 cm³/mol. The van der Waals surface area contributed by atoms with Gasteiger partial charge >= 0.3 is 0 Å². The minimum atomic E-state index is 0.191. The van der Waals surface area contributed by atoms with E-state index in [0.717, 1.165) is 40.8 Å². The molecule has 0 saturated carbocycles. The van der Waals surface area contributed by atoms with Gasteiger partial charge in [0.2, 0.25) is 0 Å². The van der Waals surface area contributed by atoms with Crippen LogP contribution in [0.2, 0.25) is 0 Å². The first-order valence-electron chi connectivity index (χ1n) is 6.82. The summed E-state index contributed by atoms with van der Waals surface area (Å²) < 4.78 is 1.16. The fraction of sp³-hybridized carbons (Fsp3) is 0.533. The van der Waals surface area contributed by atoms with Gasteiger partial charge in [-0.25, -0.2) is 0 Å². The van der Waals surface area contributed by atoms with Gasteiger partial charge in [-0.1, -0.05) is 6.07 Å². The summed E-state index contributed by atoms with van der Waals surface area (Å²) in [6.45, 7) is 4.80. The van der Waals surface area contributed by atoms with E-state index in [1.54, 1.807) is 0 Å². The van der Waals surface area contributed by atoms with E-state index < -0.39 is 0 Å². The third kappa shape index (κ3) is 3.48. The maximum Gasteiger partial charge on any atom is 0.254 e. The molecule has 1 aliphatic rings. The largest absolute Gasteiger partial charge is 0.338 e. The van der Waals surface area contributed by atoms with Gasteiger partial charge in [0.15, 0.2) is 0 Å². The molecule has 1 fully saturated rings. The first kappa shape index (κ1) is 14.8. The molecule has 0 aliphatic carbocycles. The van der Waals surface area contributed by atoms with Crippen LogP contribution < -0.4 is 5.32 Å². The highest BCUT2D eigenvalue weighted by Gasteiger charge is 2.25. The highest BCUT2D eigenvalue weighted by Crippen LogP contribution is 2.21. The fourth-order valence-corrected chi connectivity index (χ4v) is 3.21. The van der Waals surface area contributed by atoms with Crippen LogP contribution in [0.25, 0.3) is 0 Å². The van der Waals surface area contributed by atoms with Gasteiger partial charge in [0.1, 0.15) is 0 Å². The molecule has 1 aromatic rings. The predicted octanol–water partition coefficient (Wildman–Crippen LogP) is 2.67. The second-order valence-electron chi connectivity index (χ2n) is 5.23. The van der Waals surface area contributed by atoms with Crippen molar-refractivity contribution in [1.82, 2.24) is 10.2 Å². The van der Waals surface area contributed by atoms with Crippen LogP contribution in [0.3, 0.4) is 0 Å². The standard InChI is InChI=1S/C15H21IN2O/c1-11-13(6-3-7-14(11)16)15(19)18-8-4-5-12(10-18)9-17-2/h3,6-7,12,17H,4-5,8-10H2,1-2H3. The molecule has 1 N–H and O–H groups in total. The number of benzene rings is 1. The second kappa shape index (κ2) is 6.70. The van der Waals surface area contributed by atoms with Crippen LogP contribution in [-0.4, -0.2) is 37.5 Å². The number of piperidine rings is 1. The van der Waals surface area contributed by atoms with Crippen LogP contribution in [0, 0.1) is 16.4 Å². The highest BCUT2D eigenvalue weighted by atomic mass is 127. The highest BCUT2D eigenvalue weighted by molar-refractivity contribution is 14.1. The average molecular weight is 372 g/mol. The number of rotatable bonds is 3. The Morgan fingerprint density at radius 3 is 3.05 bits per heavy atom. The van der Waals surface area contributed by atoms with E-state index in [-0.39, 0.29) is 5.91 Å². The lowest BCUT2D eigenvalue weighted by Gasteiger charge is -2.33. The van der Waals surface area contributed by atoms with Crippen LogP contribution in [0.4, 0.5) is 0 Å². The molecule has 0 radical (unpaired) electrons. The Labute approximate surface area is 128 Å². The van der Waals surface area contributed by atoms with E-state index in [1.807, 2.05) is 37.1 Å². The van der Waals surface area contributed by atoms with Gasteiger partial charge in [0.25, 0.3) is 5.91 Å². The van der Waals surface area contributed by atoms with E-state index in [0.29, 0.717) is 5.92 Å². The molecule has 4 heteroatoms. The molecule has 1 saturated heterocycles. The molecule has 1 atom stereocenters. The van der Waals surface area contributed by atoms with Gasteiger partial charge in [-0.2, -0.15) is 0 Å². The van der Waals surface area contributed by atoms with E-state index in [2.05, 4.69) is 27.9 Å². The summed E-state index contributed by atoms with van der Waals surface area (Å²) in [5.74, 6) is 0.780. The zero-order valence-electron chi connectivity index (χ0n) is 11.6. The first-order chi connectivity index (χ1) is 9.13. The maximum absolute atomic E-state index is 12.6. The number of amides is 1. The van der Waals surface area contributed by atoms with Crippen LogP contribution in [0.1, 0.15) is 28.8 Å². The van der Waals surface area contributed by atoms with Crippen molar-refractivity contribution < 1.29 is 4.79 Å². The lowest BCUT2D eigenvalue weighted by atomic mass is 9.97. The Kier molecular flexibility index (Phi) is 5.21. The van der Waals surface area contributed by atoms with Crippen molar-refractivity contribution in [2.45, 2.75) is 19.8 Å². The smallest absolute Gasteiger partial charge is 0.254 e. The Morgan fingerprint density at radius 1 is 1.53 bits per heavy atom. The fourth-order valence-electron chi connectivity index (χ4n) is 2.71. The number of hydrogen-bond donors (Lipinski definition) is 1. The number of hydrogen-bond acceptors (Lipinski definition) is 2. The maximum atomic E-state index is 12.6. The molecule has 1 aliphatic heterocycles. The zero-order chi connectivity index (χ0) is 13.8. The molecule has 0 bridgehead atoms. The van der Waals surface area contributed by atoms with Crippen molar-refractivity contribution >= 4 is 28.5 Å². The molecule has 19 heavy (non-hydrogen) atoms. The summed E-state index contributed by atoms with van der Waals surface area (Å²) in [5, 5.41) is 3.22. The molecular weight excluding hydrogens is 351 g/mol. The van der Waals surface area contributed by atoms with E-state index in [1.165, 1.54) is 6.42 Å². The van der Waals surface area contributed by atoms with Crippen LogP contribution in [-0.2, 0) is 0 Å². The topological polar surface area (TPSA) is 32.3 Å². The summed E-state index contributed by atoms with van der Waals surface area (Å²) in [7, 11) is 1.98. The van der Waals surface area contributed by atoms with Crippen molar-refractivity contribution in [3.05, 3.63) is 32.9 Å². The van der Waals surface area contributed by atoms with Crippen molar-refractivity contribution in [3.8, 4) is 0 Å². The zero-order valence-corrected chi connectivity index (χ0v) is 13.7. The quantitative estimate of drug-likeness (QED) is 0.828. The van der Waals surface area contributed by atoms with Gasteiger partial charge in [-0.3, -0.25) is 4.79 Å². The Balaban J connectivity index is 2.12. The Morgan fingerprint density at radius 2 is 2.32 bits per heavy atom. The Hall–Kier alpha value is -0.620. The van der Waals surface area contributed by atoms with Crippen LogP contribution in [0.15, 0.2) is 18.2 Å². The summed E-state index contributed by atoms with van der Waals surface area (Å²) in [6, 6.07) is 5.96. The van der Waals surface area contributed by atoms with E-state index >= 15 is 0 Å². The summed E-state index contributed by atoms with van der Waals surface area (Å²) in [4.78, 5) is 14.6. The van der Waals surface area contributed by atoms with Crippen molar-refractivity contribution in [3.63, 3.8) is 0 Å². The van der Waals surface area contributed by atoms with Crippen molar-refractivity contribution in [1.29, 1.82) is 0 Å². The van der Waals surface area contributed by atoms with Crippen LogP contribution in [0.5, 0.6) is 0 Å². The molecular formula is C15H21IN2O. The lowest BCUT2D eigenvalue weighted by Crippen LogP contribution is -2.42. The number of likely N-dealkylation sites (tertiary alicyclic amines) is 1. The van der Waals surface area contributed by atoms with Gasteiger partial charge in [-0.15, -0.1) is 0 Å². The molecule has 1 unspecified atom stereocenters. The summed E-state index contributed by atoms with van der Waals surface area (Å²) in [5.41, 5.74) is 1.96. The van der Waals surface area contributed by atoms with E-state index in [9.17, 15) is 4.79 Å². The first-order valence-corrected chi connectivity index (χ1v) is 7.90. The minimum absolute atomic E-state index is 0.191. The van der Waals surface area contributed by atoms with Gasteiger partial charge in [0.05, 0.1) is 0 Å². The molecule has 0 spiro atoms. The number of nitrogens with one attached hydrogen (secondary N) is 1. The number of halogens is 1. The third-order valence-electron chi connectivity index (χ3n) is 3.80. The van der Waals surface area contributed by atoms with Gasteiger partial charge < -0.3 is 10.2 Å². The molecule has 2 rings (SSSR count). The van der Waals surface area contributed by atoms with E-state index in [4.69, 9.17) is 0 Å². The normalized spacial score (nSPS) is 19.5. The minimum Gasteiger partial charge on any atom is -0.338 e. The van der Waals surface area contributed by atoms with Crippen molar-refractivity contribution in [2.24, 2.45) is 5.92 Å². The SMILES string of the molecule is CNCC1CCCN(C(=O)c2cccc(I)c2C)C1. The monoisotopic (exact) mass is 372 g/mol. The van der Waals surface area contributed by atoms with Crippen LogP contribution >= 0.6 is 22.6 Å². The average Bonchev–Trinajstić information content (AvgIpc) is 2.42. The van der Waals surface area contributed by atoms with Gasteiger partial charge in [0, 0.05) is 22.2 Å². The number of carbonyl (C=O) groups excluding carboxylic acids is 1. The summed E-state index contributed by atoms with van der Waals surface area (Å²) >= 11 is 2.29. The molecule has 1 aromatic carbocycles. The Bertz CT molecular complexity index is 459. The molecule has 1 heterocycles. The summed E-state index contributed by atoms with van der Waals surface area (Å²) in [6.07, 6.45) is 2.33. The third-order valence-corrected chi connectivity index (χ3v) is 4.97. The number of carbonyl (C=O) groups is 1. The van der Waals surface area contributed by atoms with Crippen molar-refractivity contribution in [2.75, 3.05) is 26.7 Å². The number of nitrogens with zero attached hydrogens (tertiary/aromatic N) is 1. The van der Waals surface area contributed by atoms with Gasteiger partial charge in [-0.05, 0) is 79.6 Å².